The molecule has 1 aromatic carbocycles. The second-order valence-electron chi connectivity index (χ2n) is 6.40. The fourth-order valence-electron chi connectivity index (χ4n) is 3.04. The van der Waals surface area contributed by atoms with Gasteiger partial charge in [-0.2, -0.15) is 5.10 Å². The quantitative estimate of drug-likeness (QED) is 0.771. The lowest BCUT2D eigenvalue weighted by molar-refractivity contribution is -0.120. The highest BCUT2D eigenvalue weighted by atomic mass is 19.1. The molecule has 0 bridgehead atoms. The van der Waals surface area contributed by atoms with Crippen molar-refractivity contribution in [2.45, 2.75) is 45.2 Å². The summed E-state index contributed by atoms with van der Waals surface area (Å²) < 4.78 is 16.3. The molecule has 0 fully saturated rings. The first-order valence-corrected chi connectivity index (χ1v) is 8.99. The number of rotatable bonds is 7. The van der Waals surface area contributed by atoms with Crippen LogP contribution in [-0.2, 0) is 24.3 Å². The molecular weight excluding hydrogens is 335 g/mol. The summed E-state index contributed by atoms with van der Waals surface area (Å²) in [5.41, 5.74) is 0.671. The van der Waals surface area contributed by atoms with Crippen LogP contribution >= 0.6 is 0 Å². The SMILES string of the molecule is O=C(C/C=C/c1cccc(F)c1)NCCCn1nc2n(c1=O)CCCC2. The first kappa shape index (κ1) is 18.1. The van der Waals surface area contributed by atoms with Gasteiger partial charge in [0, 0.05) is 32.5 Å². The summed E-state index contributed by atoms with van der Waals surface area (Å²) in [5, 5.41) is 7.19. The van der Waals surface area contributed by atoms with Crippen LogP contribution < -0.4 is 11.0 Å². The number of hydrogen-bond donors (Lipinski definition) is 1. The maximum atomic E-state index is 13.1. The van der Waals surface area contributed by atoms with Crippen LogP contribution in [0, 0.1) is 5.82 Å². The smallest absolute Gasteiger partial charge is 0.345 e. The molecule has 3 rings (SSSR count). The van der Waals surface area contributed by atoms with E-state index >= 15 is 0 Å². The molecule has 2 aromatic rings. The number of nitrogens with zero attached hydrogens (tertiary/aromatic N) is 3. The molecule has 0 radical (unpaired) electrons. The summed E-state index contributed by atoms with van der Waals surface area (Å²) in [4.78, 5) is 24.0. The summed E-state index contributed by atoms with van der Waals surface area (Å²) in [6, 6.07) is 6.20. The third-order valence-electron chi connectivity index (χ3n) is 4.36. The summed E-state index contributed by atoms with van der Waals surface area (Å²) >= 11 is 0. The molecule has 6 nitrogen and oxygen atoms in total. The number of carbonyl (C=O) groups is 1. The molecule has 7 heteroatoms. The Morgan fingerprint density at radius 3 is 3.04 bits per heavy atom. The Morgan fingerprint density at radius 2 is 2.23 bits per heavy atom. The molecular formula is C19H23FN4O2. The molecule has 1 amide bonds. The fourth-order valence-corrected chi connectivity index (χ4v) is 3.04. The van der Waals surface area contributed by atoms with Gasteiger partial charge in [0.2, 0.25) is 5.91 Å². The van der Waals surface area contributed by atoms with Crippen molar-refractivity contribution < 1.29 is 9.18 Å². The van der Waals surface area contributed by atoms with E-state index in [0.29, 0.717) is 19.5 Å². The number of nitrogens with one attached hydrogen (secondary N) is 1. The highest BCUT2D eigenvalue weighted by molar-refractivity contribution is 5.78. The minimum atomic E-state index is -0.298. The van der Waals surface area contributed by atoms with Crippen LogP contribution in [-0.4, -0.2) is 26.8 Å². The Morgan fingerprint density at radius 1 is 1.35 bits per heavy atom. The van der Waals surface area contributed by atoms with E-state index in [1.54, 1.807) is 28.9 Å². The number of fused-ring (bicyclic) bond motifs is 1. The zero-order valence-electron chi connectivity index (χ0n) is 14.7. The second kappa shape index (κ2) is 8.60. The maximum Gasteiger partial charge on any atom is 0.345 e. The highest BCUT2D eigenvalue weighted by Crippen LogP contribution is 2.09. The molecule has 138 valence electrons. The predicted molar refractivity (Wildman–Crippen MR) is 97.1 cm³/mol. The van der Waals surface area contributed by atoms with Crippen LogP contribution in [0.3, 0.4) is 0 Å². The van der Waals surface area contributed by atoms with Crippen molar-refractivity contribution >= 4 is 12.0 Å². The molecule has 0 saturated heterocycles. The predicted octanol–water partition coefficient (Wildman–Crippen LogP) is 2.13. The number of carbonyl (C=O) groups excluding carboxylic acids is 1. The monoisotopic (exact) mass is 358 g/mol. The number of benzene rings is 1. The zero-order chi connectivity index (χ0) is 18.4. The van der Waals surface area contributed by atoms with Gasteiger partial charge in [-0.3, -0.25) is 9.36 Å². The minimum absolute atomic E-state index is 0.0518. The Balaban J connectivity index is 1.39. The van der Waals surface area contributed by atoms with Crippen LogP contribution in [0.4, 0.5) is 4.39 Å². The number of aromatic nitrogens is 3. The first-order valence-electron chi connectivity index (χ1n) is 8.99. The van der Waals surface area contributed by atoms with Crippen LogP contribution in [0.15, 0.2) is 35.1 Å². The Labute approximate surface area is 151 Å². The largest absolute Gasteiger partial charge is 0.356 e. The van der Waals surface area contributed by atoms with E-state index in [4.69, 9.17) is 0 Å². The van der Waals surface area contributed by atoms with Crippen molar-refractivity contribution in [1.82, 2.24) is 19.7 Å². The number of hydrogen-bond acceptors (Lipinski definition) is 3. The fraction of sp³-hybridized carbons (Fsp3) is 0.421. The van der Waals surface area contributed by atoms with Gasteiger partial charge in [-0.1, -0.05) is 24.3 Å². The zero-order valence-corrected chi connectivity index (χ0v) is 14.7. The van der Waals surface area contributed by atoms with E-state index in [9.17, 15) is 14.0 Å². The number of halogens is 1. The lowest BCUT2D eigenvalue weighted by Gasteiger charge is -2.09. The van der Waals surface area contributed by atoms with E-state index in [0.717, 1.165) is 37.2 Å². The van der Waals surface area contributed by atoms with Gasteiger partial charge in [0.25, 0.3) is 0 Å². The molecule has 0 saturated carbocycles. The Kier molecular flexibility index (Phi) is 5.99. The summed E-state index contributed by atoms with van der Waals surface area (Å²) in [7, 11) is 0. The van der Waals surface area contributed by atoms with E-state index in [2.05, 4.69) is 10.4 Å². The third-order valence-corrected chi connectivity index (χ3v) is 4.36. The van der Waals surface area contributed by atoms with E-state index in [1.165, 1.54) is 16.8 Å². The van der Waals surface area contributed by atoms with Crippen LogP contribution in [0.25, 0.3) is 6.08 Å². The van der Waals surface area contributed by atoms with Crippen LogP contribution in [0.2, 0.25) is 0 Å². The topological polar surface area (TPSA) is 68.9 Å². The minimum Gasteiger partial charge on any atom is -0.356 e. The molecule has 1 aliphatic rings. The molecule has 1 aliphatic heterocycles. The molecule has 1 N–H and O–H groups in total. The van der Waals surface area contributed by atoms with Gasteiger partial charge in [0.05, 0.1) is 0 Å². The Bertz CT molecular complexity index is 853. The van der Waals surface area contributed by atoms with Crippen molar-refractivity contribution in [3.8, 4) is 0 Å². The lowest BCUT2D eigenvalue weighted by Crippen LogP contribution is -2.29. The van der Waals surface area contributed by atoms with E-state index < -0.39 is 0 Å². The van der Waals surface area contributed by atoms with Crippen molar-refractivity contribution in [3.05, 3.63) is 58.0 Å². The average molecular weight is 358 g/mol. The van der Waals surface area contributed by atoms with Gasteiger partial charge in [0.15, 0.2) is 0 Å². The summed E-state index contributed by atoms with van der Waals surface area (Å²) in [6.07, 6.45) is 7.27. The normalized spacial score (nSPS) is 13.7. The van der Waals surface area contributed by atoms with Gasteiger partial charge in [-0.05, 0) is 37.0 Å². The van der Waals surface area contributed by atoms with Crippen LogP contribution in [0.1, 0.15) is 37.1 Å². The number of aryl methyl sites for hydroxylation is 2. The van der Waals surface area contributed by atoms with Gasteiger partial charge in [0.1, 0.15) is 11.6 Å². The lowest BCUT2D eigenvalue weighted by atomic mass is 10.2. The van der Waals surface area contributed by atoms with Crippen molar-refractivity contribution in [1.29, 1.82) is 0 Å². The highest BCUT2D eigenvalue weighted by Gasteiger charge is 2.16. The van der Waals surface area contributed by atoms with Gasteiger partial charge >= 0.3 is 5.69 Å². The standard InChI is InChI=1S/C19H23FN4O2/c20-16-8-3-6-15(14-16)7-4-10-18(25)21-11-5-13-24-19(26)23-12-2-1-9-17(23)22-24/h3-4,6-8,14H,1-2,5,9-13H2,(H,21,25)/b7-4+. The van der Waals surface area contributed by atoms with Gasteiger partial charge in [-0.15, -0.1) is 0 Å². The summed E-state index contributed by atoms with van der Waals surface area (Å²) in [5.74, 6) is 0.467. The van der Waals surface area contributed by atoms with E-state index in [-0.39, 0.29) is 23.8 Å². The maximum absolute atomic E-state index is 13.1. The molecule has 0 atom stereocenters. The van der Waals surface area contributed by atoms with Crippen LogP contribution in [0.5, 0.6) is 0 Å². The first-order chi connectivity index (χ1) is 12.6. The number of amides is 1. The molecule has 0 spiro atoms. The van der Waals surface area contributed by atoms with Gasteiger partial charge < -0.3 is 5.32 Å². The van der Waals surface area contributed by atoms with Crippen molar-refractivity contribution in [2.24, 2.45) is 0 Å². The van der Waals surface area contributed by atoms with Crippen molar-refractivity contribution in [3.63, 3.8) is 0 Å². The van der Waals surface area contributed by atoms with E-state index in [1.807, 2.05) is 0 Å². The average Bonchev–Trinajstić information content (AvgIpc) is 2.95. The van der Waals surface area contributed by atoms with Crippen molar-refractivity contribution in [2.75, 3.05) is 6.54 Å². The molecule has 0 unspecified atom stereocenters. The third kappa shape index (κ3) is 4.68. The molecule has 0 aliphatic carbocycles. The molecule has 2 heterocycles. The molecule has 1 aromatic heterocycles. The second-order valence-corrected chi connectivity index (χ2v) is 6.40. The molecule has 26 heavy (non-hydrogen) atoms. The summed E-state index contributed by atoms with van der Waals surface area (Å²) in [6.45, 7) is 1.74. The van der Waals surface area contributed by atoms with Gasteiger partial charge in [-0.25, -0.2) is 13.9 Å². The Hall–Kier alpha value is -2.70.